The first-order chi connectivity index (χ1) is 16.8. The third-order valence-corrected chi connectivity index (χ3v) is 5.81. The number of hydrogen-bond acceptors (Lipinski definition) is 5. The van der Waals surface area contributed by atoms with Crippen molar-refractivity contribution in [3.05, 3.63) is 93.5 Å². The van der Waals surface area contributed by atoms with Crippen molar-refractivity contribution in [1.82, 2.24) is 5.32 Å². The third kappa shape index (κ3) is 5.05. The van der Waals surface area contributed by atoms with Crippen molar-refractivity contribution < 1.29 is 23.9 Å². The van der Waals surface area contributed by atoms with Gasteiger partial charge in [-0.2, -0.15) is 0 Å². The number of hydrogen-bond donors (Lipinski definition) is 1. The van der Waals surface area contributed by atoms with Gasteiger partial charge in [0.2, 0.25) is 0 Å². The Morgan fingerprint density at radius 3 is 2.40 bits per heavy atom. The Hall–Kier alpha value is -4.10. The summed E-state index contributed by atoms with van der Waals surface area (Å²) in [5, 5.41) is 2.47. The summed E-state index contributed by atoms with van der Waals surface area (Å²) in [5.74, 6) is -0.845. The zero-order valence-corrected chi connectivity index (χ0v) is 20.2. The van der Waals surface area contributed by atoms with E-state index in [1.807, 2.05) is 31.2 Å². The molecule has 8 heteroatoms. The van der Waals surface area contributed by atoms with E-state index in [0.717, 1.165) is 16.0 Å². The Bertz CT molecular complexity index is 1350. The first-order valence-corrected chi connectivity index (χ1v) is 11.2. The number of para-hydroxylation sites is 1. The summed E-state index contributed by atoms with van der Waals surface area (Å²) in [5.41, 5.74) is 3.44. The predicted octanol–water partition coefficient (Wildman–Crippen LogP) is 5.21. The minimum Gasteiger partial charge on any atom is -0.493 e. The van der Waals surface area contributed by atoms with Crippen LogP contribution in [0.25, 0.3) is 6.08 Å². The number of methoxy groups -OCH3 is 1. The van der Waals surface area contributed by atoms with E-state index in [1.54, 1.807) is 43.3 Å². The Balaban J connectivity index is 1.64. The van der Waals surface area contributed by atoms with Gasteiger partial charge in [-0.15, -0.1) is 0 Å². The molecule has 4 rings (SSSR count). The van der Waals surface area contributed by atoms with Gasteiger partial charge in [-0.1, -0.05) is 59.6 Å². The van der Waals surface area contributed by atoms with Gasteiger partial charge >= 0.3 is 6.03 Å². The Kier molecular flexibility index (Phi) is 6.89. The maximum atomic E-state index is 13.2. The van der Waals surface area contributed by atoms with Gasteiger partial charge < -0.3 is 9.47 Å². The minimum absolute atomic E-state index is 0.209. The molecule has 1 heterocycles. The molecule has 4 amide bonds. The summed E-state index contributed by atoms with van der Waals surface area (Å²) in [4.78, 5) is 39.1. The molecule has 0 bridgehead atoms. The van der Waals surface area contributed by atoms with Crippen LogP contribution in [0.3, 0.4) is 0 Å². The van der Waals surface area contributed by atoms with E-state index in [0.29, 0.717) is 28.3 Å². The highest BCUT2D eigenvalue weighted by molar-refractivity contribution is 6.39. The number of benzene rings is 3. The lowest BCUT2D eigenvalue weighted by Gasteiger charge is -2.27. The summed E-state index contributed by atoms with van der Waals surface area (Å²) < 4.78 is 11.3. The Morgan fingerprint density at radius 2 is 1.71 bits per heavy atom. The van der Waals surface area contributed by atoms with Gasteiger partial charge in [0, 0.05) is 0 Å². The van der Waals surface area contributed by atoms with Gasteiger partial charge in [0.1, 0.15) is 12.2 Å². The van der Waals surface area contributed by atoms with Crippen LogP contribution in [0, 0.1) is 13.8 Å². The molecule has 0 unspecified atom stereocenters. The average Bonchev–Trinajstić information content (AvgIpc) is 2.83. The van der Waals surface area contributed by atoms with Crippen LogP contribution in [0.15, 0.2) is 66.2 Å². The van der Waals surface area contributed by atoms with E-state index < -0.39 is 17.8 Å². The number of ether oxygens (including phenoxy) is 2. The van der Waals surface area contributed by atoms with E-state index >= 15 is 0 Å². The smallest absolute Gasteiger partial charge is 0.335 e. The fourth-order valence-corrected chi connectivity index (χ4v) is 3.93. The van der Waals surface area contributed by atoms with E-state index in [2.05, 4.69) is 5.32 Å². The molecule has 1 saturated heterocycles. The van der Waals surface area contributed by atoms with E-state index in [4.69, 9.17) is 21.1 Å². The molecule has 1 N–H and O–H groups in total. The quantitative estimate of drug-likeness (QED) is 0.378. The predicted molar refractivity (Wildman–Crippen MR) is 134 cm³/mol. The molecule has 0 saturated carbocycles. The molecule has 7 nitrogen and oxygen atoms in total. The lowest BCUT2D eigenvalue weighted by atomic mass is 10.1. The number of anilines is 1. The molecule has 1 aliphatic heterocycles. The number of nitrogens with zero attached hydrogens (tertiary/aromatic N) is 1. The monoisotopic (exact) mass is 490 g/mol. The number of halogens is 1. The highest BCUT2D eigenvalue weighted by Gasteiger charge is 2.37. The largest absolute Gasteiger partial charge is 0.493 e. The lowest BCUT2D eigenvalue weighted by molar-refractivity contribution is -0.122. The van der Waals surface area contributed by atoms with Gasteiger partial charge in [0.25, 0.3) is 11.8 Å². The summed E-state index contributed by atoms with van der Waals surface area (Å²) in [6.07, 6.45) is 1.37. The molecule has 0 spiro atoms. The normalized spacial score (nSPS) is 14.8. The summed E-state index contributed by atoms with van der Waals surface area (Å²) in [7, 11) is 1.47. The van der Waals surface area contributed by atoms with Crippen LogP contribution in [0.1, 0.15) is 22.3 Å². The fourth-order valence-electron chi connectivity index (χ4n) is 3.66. The Morgan fingerprint density at radius 1 is 1.00 bits per heavy atom. The molecule has 3 aromatic carbocycles. The average molecular weight is 491 g/mol. The number of amides is 4. The number of nitrogens with one attached hydrogen (secondary N) is 1. The van der Waals surface area contributed by atoms with Crippen molar-refractivity contribution in [1.29, 1.82) is 0 Å². The Labute approximate surface area is 207 Å². The topological polar surface area (TPSA) is 84.9 Å². The van der Waals surface area contributed by atoms with Crippen molar-refractivity contribution >= 4 is 41.2 Å². The molecule has 0 radical (unpaired) electrons. The van der Waals surface area contributed by atoms with Crippen molar-refractivity contribution in [3.8, 4) is 11.5 Å². The van der Waals surface area contributed by atoms with Crippen LogP contribution < -0.4 is 19.7 Å². The van der Waals surface area contributed by atoms with E-state index in [9.17, 15) is 14.4 Å². The van der Waals surface area contributed by atoms with Gasteiger partial charge in [-0.05, 0) is 54.8 Å². The number of aryl methyl sites for hydroxylation is 2. The fraction of sp³-hybridized carbons (Fsp3) is 0.148. The van der Waals surface area contributed by atoms with Crippen molar-refractivity contribution in [2.24, 2.45) is 0 Å². The molecule has 178 valence electrons. The van der Waals surface area contributed by atoms with Crippen LogP contribution in [0.4, 0.5) is 10.5 Å². The maximum absolute atomic E-state index is 13.2. The molecule has 3 aromatic rings. The number of carbonyl (C=O) groups is 3. The second-order valence-electron chi connectivity index (χ2n) is 8.05. The third-order valence-electron chi connectivity index (χ3n) is 5.52. The summed E-state index contributed by atoms with van der Waals surface area (Å²) >= 11 is 6.48. The molecule has 1 fully saturated rings. The minimum atomic E-state index is -0.804. The van der Waals surface area contributed by atoms with E-state index in [-0.39, 0.29) is 17.2 Å². The van der Waals surface area contributed by atoms with Crippen LogP contribution in [0.2, 0.25) is 5.02 Å². The van der Waals surface area contributed by atoms with Crippen LogP contribution in [-0.4, -0.2) is 25.0 Å². The molecule has 0 aliphatic carbocycles. The molecule has 0 aromatic heterocycles. The van der Waals surface area contributed by atoms with Crippen LogP contribution >= 0.6 is 11.6 Å². The van der Waals surface area contributed by atoms with Gasteiger partial charge in [0.15, 0.2) is 11.5 Å². The number of urea groups is 1. The van der Waals surface area contributed by atoms with Crippen molar-refractivity contribution in [2.75, 3.05) is 12.0 Å². The SMILES string of the molecule is COc1cc(/C=C2\C(=O)NC(=O)N(c3ccccc3C)C2=O)cc(Cl)c1OCc1ccc(C)cc1. The number of barbiturate groups is 1. The van der Waals surface area contributed by atoms with Gasteiger partial charge in [0.05, 0.1) is 17.8 Å². The zero-order chi connectivity index (χ0) is 25.1. The highest BCUT2D eigenvalue weighted by Crippen LogP contribution is 2.38. The summed E-state index contributed by atoms with van der Waals surface area (Å²) in [6.45, 7) is 4.06. The molecule has 35 heavy (non-hydrogen) atoms. The van der Waals surface area contributed by atoms with Crippen LogP contribution in [-0.2, 0) is 16.2 Å². The van der Waals surface area contributed by atoms with Gasteiger partial charge in [-0.25, -0.2) is 9.69 Å². The summed E-state index contributed by atoms with van der Waals surface area (Å²) in [6, 6.07) is 17.2. The molecular weight excluding hydrogens is 468 g/mol. The standard InChI is InChI=1S/C27H23ClN2O5/c1-16-8-10-18(11-9-16)15-35-24-21(28)13-19(14-23(24)34-3)12-20-25(31)29-27(33)30(26(20)32)22-7-5-4-6-17(22)2/h4-14H,15H2,1-3H3,(H,29,31,33)/b20-12+. The van der Waals surface area contributed by atoms with Gasteiger partial charge in [-0.3, -0.25) is 14.9 Å². The lowest BCUT2D eigenvalue weighted by Crippen LogP contribution is -2.54. The molecule has 0 atom stereocenters. The number of rotatable bonds is 6. The first-order valence-electron chi connectivity index (χ1n) is 10.8. The van der Waals surface area contributed by atoms with Crippen LogP contribution in [0.5, 0.6) is 11.5 Å². The first kappa shape index (κ1) is 24.0. The number of imide groups is 2. The second-order valence-corrected chi connectivity index (χ2v) is 8.46. The zero-order valence-electron chi connectivity index (χ0n) is 19.4. The second kappa shape index (κ2) is 10.0. The highest BCUT2D eigenvalue weighted by atomic mass is 35.5. The van der Waals surface area contributed by atoms with E-state index in [1.165, 1.54) is 13.2 Å². The van der Waals surface area contributed by atoms with Crippen molar-refractivity contribution in [2.45, 2.75) is 20.5 Å². The maximum Gasteiger partial charge on any atom is 0.335 e. The molecule has 1 aliphatic rings. The molecular formula is C27H23ClN2O5. The van der Waals surface area contributed by atoms with Crippen molar-refractivity contribution in [3.63, 3.8) is 0 Å². The number of carbonyl (C=O) groups excluding carboxylic acids is 3.